The van der Waals surface area contributed by atoms with Gasteiger partial charge in [0.2, 0.25) is 5.82 Å². The van der Waals surface area contributed by atoms with E-state index in [1.54, 1.807) is 0 Å². The summed E-state index contributed by atoms with van der Waals surface area (Å²) < 4.78 is 92.0. The maximum atomic E-state index is 14.9. The van der Waals surface area contributed by atoms with Crippen molar-refractivity contribution in [2.75, 3.05) is 0 Å². The summed E-state index contributed by atoms with van der Waals surface area (Å²) in [6.07, 6.45) is 0. The lowest BCUT2D eigenvalue weighted by Crippen LogP contribution is -2.51. The van der Waals surface area contributed by atoms with E-state index < -0.39 is 59.7 Å². The lowest BCUT2D eigenvalue weighted by Gasteiger charge is -2.39. The molecule has 0 aliphatic rings. The molecule has 0 aromatic heterocycles. The first kappa shape index (κ1) is 23.2. The van der Waals surface area contributed by atoms with E-state index in [1.165, 1.54) is 0 Å². The number of halogens is 6. The van der Waals surface area contributed by atoms with Crippen molar-refractivity contribution in [3.8, 4) is 5.75 Å². The van der Waals surface area contributed by atoms with Gasteiger partial charge in [-0.15, -0.1) is 0 Å². The fraction of sp³-hybridized carbons (Fsp3) is 0.304. The number of hydrogen-bond acceptors (Lipinski definition) is 1. The molecule has 0 N–H and O–H groups in total. The molecule has 0 radical (unpaired) electrons. The van der Waals surface area contributed by atoms with Gasteiger partial charge < -0.3 is 4.43 Å². The lowest BCUT2D eigenvalue weighted by molar-refractivity contribution is 0.405. The van der Waals surface area contributed by atoms with Gasteiger partial charge in [0.25, 0.3) is 8.32 Å². The Balaban J connectivity index is 2.31. The second-order valence-corrected chi connectivity index (χ2v) is 13.0. The molecule has 0 fully saturated rings. The Morgan fingerprint density at radius 1 is 0.742 bits per heavy atom. The summed E-state index contributed by atoms with van der Waals surface area (Å²) in [5, 5.41) is -1.86. The predicted octanol–water partition coefficient (Wildman–Crippen LogP) is 7.60. The van der Waals surface area contributed by atoms with Crippen LogP contribution >= 0.6 is 0 Å². The zero-order valence-corrected chi connectivity index (χ0v) is 18.5. The van der Waals surface area contributed by atoms with Gasteiger partial charge in [-0.2, -0.15) is 4.39 Å². The standard InChI is InChI=1S/C23H22F6OSi/c1-12(2)31(13(3)4,11-14-8-6-5-7-9-14)30-23-17-15(18(25)21(28)22(23)29)10-16(24)19(26)20(17)27/h5-10,12-13H,11H2,1-4H3. The van der Waals surface area contributed by atoms with E-state index in [1.807, 2.05) is 58.0 Å². The van der Waals surface area contributed by atoms with Crippen molar-refractivity contribution in [3.63, 3.8) is 0 Å². The monoisotopic (exact) mass is 456 g/mol. The Labute approximate surface area is 177 Å². The molecule has 1 nitrogen and oxygen atoms in total. The molecule has 0 spiro atoms. The van der Waals surface area contributed by atoms with E-state index in [2.05, 4.69) is 0 Å². The molecule has 0 aliphatic carbocycles. The van der Waals surface area contributed by atoms with E-state index in [0.717, 1.165) is 5.56 Å². The van der Waals surface area contributed by atoms with Crippen LogP contribution in [0.25, 0.3) is 10.8 Å². The highest BCUT2D eigenvalue weighted by Gasteiger charge is 2.45. The summed E-state index contributed by atoms with van der Waals surface area (Å²) >= 11 is 0. The van der Waals surface area contributed by atoms with E-state index in [4.69, 9.17) is 4.43 Å². The second-order valence-electron chi connectivity index (χ2n) is 8.21. The first-order valence-corrected chi connectivity index (χ1v) is 12.1. The van der Waals surface area contributed by atoms with Gasteiger partial charge in [-0.3, -0.25) is 0 Å². The third kappa shape index (κ3) is 3.93. The largest absolute Gasteiger partial charge is 0.540 e. The average molecular weight is 457 g/mol. The molecule has 3 rings (SSSR count). The van der Waals surface area contributed by atoms with Crippen molar-refractivity contribution in [1.29, 1.82) is 0 Å². The van der Waals surface area contributed by atoms with Crippen molar-refractivity contribution in [2.24, 2.45) is 0 Å². The van der Waals surface area contributed by atoms with Crippen LogP contribution in [-0.4, -0.2) is 8.32 Å². The first-order valence-electron chi connectivity index (χ1n) is 9.87. The molecule has 0 aliphatic heterocycles. The van der Waals surface area contributed by atoms with E-state index in [0.29, 0.717) is 12.1 Å². The fourth-order valence-electron chi connectivity index (χ4n) is 3.96. The quantitative estimate of drug-likeness (QED) is 0.211. The summed E-state index contributed by atoms with van der Waals surface area (Å²) in [6, 6.07) is 9.85. The van der Waals surface area contributed by atoms with Crippen molar-refractivity contribution < 1.29 is 30.8 Å². The minimum atomic E-state index is -3.09. The van der Waals surface area contributed by atoms with Gasteiger partial charge in [0.05, 0.1) is 5.39 Å². The summed E-state index contributed by atoms with van der Waals surface area (Å²) in [5.74, 6) is -11.9. The Bertz CT molecular complexity index is 1110. The summed E-state index contributed by atoms with van der Waals surface area (Å²) in [6.45, 7) is 7.41. The Morgan fingerprint density at radius 3 is 1.87 bits per heavy atom. The normalized spacial score (nSPS) is 12.3. The number of hydrogen-bond donors (Lipinski definition) is 0. The molecule has 0 bridgehead atoms. The SMILES string of the molecule is CC(C)[Si](Cc1ccccc1)(Oc1c(F)c(F)c(F)c2cc(F)c(F)c(F)c12)C(C)C. The first-order chi connectivity index (χ1) is 14.5. The summed E-state index contributed by atoms with van der Waals surface area (Å²) in [7, 11) is -3.09. The maximum absolute atomic E-state index is 14.9. The smallest absolute Gasteiger partial charge is 0.260 e. The van der Waals surface area contributed by atoms with E-state index in [9.17, 15) is 26.3 Å². The van der Waals surface area contributed by atoms with Crippen LogP contribution < -0.4 is 4.43 Å². The van der Waals surface area contributed by atoms with Gasteiger partial charge in [-0.1, -0.05) is 58.0 Å². The van der Waals surface area contributed by atoms with Gasteiger partial charge in [-0.25, -0.2) is 22.0 Å². The third-order valence-electron chi connectivity index (χ3n) is 5.78. The van der Waals surface area contributed by atoms with Crippen LogP contribution in [-0.2, 0) is 6.04 Å². The molecule has 0 heterocycles. The lowest BCUT2D eigenvalue weighted by atomic mass is 10.1. The molecular weight excluding hydrogens is 434 g/mol. The highest BCUT2D eigenvalue weighted by molar-refractivity contribution is 6.76. The van der Waals surface area contributed by atoms with Crippen LogP contribution in [0.4, 0.5) is 26.3 Å². The third-order valence-corrected chi connectivity index (χ3v) is 11.2. The van der Waals surface area contributed by atoms with Gasteiger partial charge in [0, 0.05) is 11.4 Å². The number of benzene rings is 3. The zero-order valence-electron chi connectivity index (χ0n) is 17.5. The number of rotatable bonds is 6. The molecule has 31 heavy (non-hydrogen) atoms. The second kappa shape index (κ2) is 8.57. The number of fused-ring (bicyclic) bond motifs is 1. The maximum Gasteiger partial charge on any atom is 0.260 e. The van der Waals surface area contributed by atoms with Crippen molar-refractivity contribution in [2.45, 2.75) is 44.8 Å². The minimum absolute atomic E-state index is 0.163. The van der Waals surface area contributed by atoms with Gasteiger partial charge in [0.15, 0.2) is 34.8 Å². The van der Waals surface area contributed by atoms with E-state index >= 15 is 0 Å². The minimum Gasteiger partial charge on any atom is -0.540 e. The molecule has 3 aromatic carbocycles. The van der Waals surface area contributed by atoms with E-state index in [-0.39, 0.29) is 11.1 Å². The molecule has 0 atom stereocenters. The Hall–Kier alpha value is -2.48. The zero-order chi connectivity index (χ0) is 23.1. The van der Waals surface area contributed by atoms with Crippen LogP contribution in [0, 0.1) is 34.9 Å². The summed E-state index contributed by atoms with van der Waals surface area (Å²) in [5.41, 5.74) is 0.550. The molecule has 3 aromatic rings. The van der Waals surface area contributed by atoms with Gasteiger partial charge in [-0.05, 0) is 22.7 Å². The van der Waals surface area contributed by atoms with Crippen molar-refractivity contribution in [3.05, 3.63) is 76.9 Å². The molecular formula is C23H22F6OSi. The summed E-state index contributed by atoms with van der Waals surface area (Å²) in [4.78, 5) is 0. The predicted molar refractivity (Wildman–Crippen MR) is 110 cm³/mol. The molecule has 166 valence electrons. The molecule has 8 heteroatoms. The van der Waals surface area contributed by atoms with Crippen molar-refractivity contribution in [1.82, 2.24) is 0 Å². The average Bonchev–Trinajstić information content (AvgIpc) is 2.73. The van der Waals surface area contributed by atoms with Crippen LogP contribution in [0.15, 0.2) is 36.4 Å². The molecule has 0 amide bonds. The topological polar surface area (TPSA) is 9.23 Å². The fourth-order valence-corrected chi connectivity index (χ4v) is 8.10. The molecule has 0 unspecified atom stereocenters. The van der Waals surface area contributed by atoms with Crippen LogP contribution in [0.5, 0.6) is 5.75 Å². The van der Waals surface area contributed by atoms with Crippen LogP contribution in [0.3, 0.4) is 0 Å². The van der Waals surface area contributed by atoms with Crippen LogP contribution in [0.2, 0.25) is 11.1 Å². The van der Waals surface area contributed by atoms with Gasteiger partial charge >= 0.3 is 0 Å². The van der Waals surface area contributed by atoms with Gasteiger partial charge in [0.1, 0.15) is 0 Å². The van der Waals surface area contributed by atoms with Crippen LogP contribution in [0.1, 0.15) is 33.3 Å². The molecule has 0 saturated carbocycles. The highest BCUT2D eigenvalue weighted by atomic mass is 28.4. The Kier molecular flexibility index (Phi) is 6.41. The Morgan fingerprint density at radius 2 is 1.32 bits per heavy atom. The van der Waals surface area contributed by atoms with Crippen molar-refractivity contribution >= 4 is 19.1 Å². The highest BCUT2D eigenvalue weighted by Crippen LogP contribution is 2.43. The molecule has 0 saturated heterocycles.